The molecule has 2 aromatic rings. The van der Waals surface area contributed by atoms with Crippen LogP contribution in [-0.4, -0.2) is 28.2 Å². The van der Waals surface area contributed by atoms with Crippen molar-refractivity contribution in [1.82, 2.24) is 0 Å². The lowest BCUT2D eigenvalue weighted by atomic mass is 9.92. The van der Waals surface area contributed by atoms with Crippen LogP contribution < -0.4 is 0 Å². The van der Waals surface area contributed by atoms with E-state index in [9.17, 15) is 9.90 Å². The fourth-order valence-electron chi connectivity index (χ4n) is 2.58. The lowest BCUT2D eigenvalue weighted by Crippen LogP contribution is -2.33. The molecule has 0 bridgehead atoms. The van der Waals surface area contributed by atoms with Crippen molar-refractivity contribution in [1.29, 1.82) is 0 Å². The third-order valence-electron chi connectivity index (χ3n) is 3.97. The Morgan fingerprint density at radius 2 is 1.79 bits per heavy atom. The molecule has 3 nitrogen and oxygen atoms in total. The predicted molar refractivity (Wildman–Crippen MR) is 98.5 cm³/mol. The van der Waals surface area contributed by atoms with Gasteiger partial charge in [0.1, 0.15) is 5.60 Å². The zero-order valence-corrected chi connectivity index (χ0v) is 15.4. The van der Waals surface area contributed by atoms with Crippen LogP contribution in [0.5, 0.6) is 0 Å². The Hall–Kier alpha value is -1.58. The number of ether oxygens (including phenoxy) is 1. The molecule has 3 atom stereocenters. The van der Waals surface area contributed by atoms with E-state index in [1.165, 1.54) is 5.39 Å². The highest BCUT2D eigenvalue weighted by Crippen LogP contribution is 2.29. The molecular formula is C20H25ClO3. The van der Waals surface area contributed by atoms with Crippen molar-refractivity contribution in [3.63, 3.8) is 0 Å². The van der Waals surface area contributed by atoms with Gasteiger partial charge in [0.15, 0.2) is 6.10 Å². The van der Waals surface area contributed by atoms with Gasteiger partial charge in [-0.2, -0.15) is 0 Å². The first-order chi connectivity index (χ1) is 11.2. The molecule has 0 aromatic heterocycles. The normalized spacial score (nSPS) is 15.8. The van der Waals surface area contributed by atoms with Crippen LogP contribution in [0.25, 0.3) is 10.8 Å². The van der Waals surface area contributed by atoms with E-state index in [2.05, 4.69) is 24.3 Å². The standard InChI is InChI=1S/C20H25ClO3/c1-13(15-10-9-14-7-5-6-8-16(14)11-15)17(21)12-18(22)19(23)24-20(2,3)4/h5-11,13,17-18,22H,12H2,1-4H3. The summed E-state index contributed by atoms with van der Waals surface area (Å²) >= 11 is 6.46. The summed E-state index contributed by atoms with van der Waals surface area (Å²) in [6.45, 7) is 7.32. The molecule has 0 aliphatic carbocycles. The van der Waals surface area contributed by atoms with Crippen LogP contribution in [0, 0.1) is 0 Å². The summed E-state index contributed by atoms with van der Waals surface area (Å²) in [6.07, 6.45) is -1.06. The van der Waals surface area contributed by atoms with Gasteiger partial charge >= 0.3 is 5.97 Å². The van der Waals surface area contributed by atoms with Crippen molar-refractivity contribution in [3.8, 4) is 0 Å². The van der Waals surface area contributed by atoms with Crippen LogP contribution in [0.1, 0.15) is 45.6 Å². The molecule has 3 unspecified atom stereocenters. The van der Waals surface area contributed by atoms with Gasteiger partial charge in [-0.05, 0) is 43.0 Å². The van der Waals surface area contributed by atoms with Crippen molar-refractivity contribution in [2.45, 2.75) is 57.1 Å². The quantitative estimate of drug-likeness (QED) is 0.632. The highest BCUT2D eigenvalue weighted by molar-refractivity contribution is 6.21. The molecule has 2 aromatic carbocycles. The maximum absolute atomic E-state index is 11.9. The van der Waals surface area contributed by atoms with Crippen molar-refractivity contribution in [2.75, 3.05) is 0 Å². The number of rotatable bonds is 5. The first-order valence-corrected chi connectivity index (χ1v) is 8.65. The summed E-state index contributed by atoms with van der Waals surface area (Å²) in [4.78, 5) is 11.9. The zero-order valence-electron chi connectivity index (χ0n) is 14.6. The molecule has 0 saturated heterocycles. The van der Waals surface area contributed by atoms with Gasteiger partial charge in [-0.1, -0.05) is 49.4 Å². The average molecular weight is 349 g/mol. The molecule has 4 heteroatoms. The number of carbonyl (C=O) groups excluding carboxylic acids is 1. The van der Waals surface area contributed by atoms with E-state index in [1.54, 1.807) is 20.8 Å². The van der Waals surface area contributed by atoms with Gasteiger partial charge < -0.3 is 9.84 Å². The minimum atomic E-state index is -1.21. The fraction of sp³-hybridized carbons (Fsp3) is 0.450. The smallest absolute Gasteiger partial charge is 0.335 e. The molecule has 0 heterocycles. The second kappa shape index (κ2) is 7.54. The molecule has 0 saturated carbocycles. The second-order valence-electron chi connectivity index (χ2n) is 7.20. The first-order valence-electron chi connectivity index (χ1n) is 8.21. The van der Waals surface area contributed by atoms with Crippen LogP contribution in [0.3, 0.4) is 0 Å². The average Bonchev–Trinajstić information content (AvgIpc) is 2.51. The number of alkyl halides is 1. The summed E-state index contributed by atoms with van der Waals surface area (Å²) in [5.41, 5.74) is 0.467. The van der Waals surface area contributed by atoms with E-state index < -0.39 is 17.7 Å². The van der Waals surface area contributed by atoms with E-state index >= 15 is 0 Å². The molecule has 24 heavy (non-hydrogen) atoms. The van der Waals surface area contributed by atoms with Crippen LogP contribution >= 0.6 is 11.6 Å². The number of benzene rings is 2. The lowest BCUT2D eigenvalue weighted by Gasteiger charge is -2.24. The highest BCUT2D eigenvalue weighted by Gasteiger charge is 2.28. The van der Waals surface area contributed by atoms with Crippen molar-refractivity contribution in [2.24, 2.45) is 0 Å². The van der Waals surface area contributed by atoms with Gasteiger partial charge in [0.2, 0.25) is 0 Å². The van der Waals surface area contributed by atoms with E-state index in [-0.39, 0.29) is 17.7 Å². The molecule has 2 rings (SSSR count). The summed E-state index contributed by atoms with van der Waals surface area (Å²) in [5.74, 6) is -0.618. The lowest BCUT2D eigenvalue weighted by molar-refractivity contribution is -0.165. The Morgan fingerprint density at radius 3 is 2.42 bits per heavy atom. The van der Waals surface area contributed by atoms with E-state index in [0.717, 1.165) is 10.9 Å². The Balaban J connectivity index is 2.05. The van der Waals surface area contributed by atoms with E-state index in [0.29, 0.717) is 0 Å². The third kappa shape index (κ3) is 4.96. The Bertz CT molecular complexity index is 705. The molecule has 130 valence electrons. The number of halogens is 1. The molecular weight excluding hydrogens is 324 g/mol. The monoisotopic (exact) mass is 348 g/mol. The maximum Gasteiger partial charge on any atom is 0.335 e. The van der Waals surface area contributed by atoms with Crippen LogP contribution in [0.4, 0.5) is 0 Å². The second-order valence-corrected chi connectivity index (χ2v) is 7.76. The Labute approximate surface area is 148 Å². The molecule has 0 amide bonds. The van der Waals surface area contributed by atoms with Gasteiger partial charge in [0.25, 0.3) is 0 Å². The molecule has 0 spiro atoms. The van der Waals surface area contributed by atoms with E-state index in [1.807, 2.05) is 25.1 Å². The molecule has 0 radical (unpaired) electrons. The van der Waals surface area contributed by atoms with Crippen LogP contribution in [0.2, 0.25) is 0 Å². The van der Waals surface area contributed by atoms with Crippen molar-refractivity contribution >= 4 is 28.3 Å². The minimum absolute atomic E-state index is 0.00774. The number of hydrogen-bond acceptors (Lipinski definition) is 3. The van der Waals surface area contributed by atoms with Gasteiger partial charge in [-0.25, -0.2) is 4.79 Å². The number of fused-ring (bicyclic) bond motifs is 1. The molecule has 0 aliphatic rings. The summed E-state index contributed by atoms with van der Waals surface area (Å²) < 4.78 is 5.20. The molecule has 1 N–H and O–H groups in total. The summed E-state index contributed by atoms with van der Waals surface area (Å²) in [6, 6.07) is 14.3. The minimum Gasteiger partial charge on any atom is -0.458 e. The fourth-order valence-corrected chi connectivity index (χ4v) is 2.90. The van der Waals surface area contributed by atoms with Crippen LogP contribution in [-0.2, 0) is 9.53 Å². The van der Waals surface area contributed by atoms with Gasteiger partial charge in [-0.15, -0.1) is 11.6 Å². The highest BCUT2D eigenvalue weighted by atomic mass is 35.5. The largest absolute Gasteiger partial charge is 0.458 e. The summed E-state index contributed by atoms with van der Waals surface area (Å²) in [7, 11) is 0. The molecule has 0 aliphatic heterocycles. The Kier molecular flexibility index (Phi) is 5.89. The third-order valence-corrected chi connectivity index (χ3v) is 4.53. The van der Waals surface area contributed by atoms with Gasteiger partial charge in [0, 0.05) is 11.8 Å². The zero-order chi connectivity index (χ0) is 17.9. The summed E-state index contributed by atoms with van der Waals surface area (Å²) in [5, 5.41) is 12.0. The van der Waals surface area contributed by atoms with Gasteiger partial charge in [-0.3, -0.25) is 0 Å². The number of hydrogen-bond donors (Lipinski definition) is 1. The van der Waals surface area contributed by atoms with Crippen molar-refractivity contribution < 1.29 is 14.6 Å². The topological polar surface area (TPSA) is 46.5 Å². The predicted octanol–water partition coefficient (Wildman–Crippen LogP) is 4.64. The number of carbonyl (C=O) groups is 1. The molecule has 0 fully saturated rings. The number of aliphatic hydroxyl groups excluding tert-OH is 1. The Morgan fingerprint density at radius 1 is 1.17 bits per heavy atom. The number of esters is 1. The first kappa shape index (κ1) is 18.8. The number of aliphatic hydroxyl groups is 1. The maximum atomic E-state index is 11.9. The van der Waals surface area contributed by atoms with E-state index in [4.69, 9.17) is 16.3 Å². The SMILES string of the molecule is CC(c1ccc2ccccc2c1)C(Cl)CC(O)C(=O)OC(C)(C)C. The van der Waals surface area contributed by atoms with Gasteiger partial charge in [0.05, 0.1) is 0 Å². The van der Waals surface area contributed by atoms with Crippen molar-refractivity contribution in [3.05, 3.63) is 48.0 Å². The van der Waals surface area contributed by atoms with Crippen LogP contribution in [0.15, 0.2) is 42.5 Å².